The van der Waals surface area contributed by atoms with Gasteiger partial charge in [-0.05, 0) is 49.4 Å². The summed E-state index contributed by atoms with van der Waals surface area (Å²) in [4.78, 5) is 10.5. The Morgan fingerprint density at radius 3 is 2.76 bits per heavy atom. The molecule has 0 saturated carbocycles. The average Bonchev–Trinajstić information content (AvgIpc) is 2.97. The first-order valence-electron chi connectivity index (χ1n) is 7.56. The van der Waals surface area contributed by atoms with Crippen LogP contribution in [0.5, 0.6) is 0 Å². The number of aromatic nitrogens is 2. The molecule has 3 nitrogen and oxygen atoms in total. The summed E-state index contributed by atoms with van der Waals surface area (Å²) >= 11 is 1.75. The van der Waals surface area contributed by atoms with Crippen LogP contribution in [0.4, 0.5) is 5.82 Å². The quantitative estimate of drug-likeness (QED) is 0.865. The minimum atomic E-state index is 0.854. The predicted molar refractivity (Wildman–Crippen MR) is 88.3 cm³/mol. The van der Waals surface area contributed by atoms with Crippen molar-refractivity contribution in [1.29, 1.82) is 0 Å². The van der Waals surface area contributed by atoms with Crippen molar-refractivity contribution in [3.63, 3.8) is 0 Å². The van der Waals surface area contributed by atoms with Crippen LogP contribution >= 0.6 is 11.8 Å². The van der Waals surface area contributed by atoms with Crippen LogP contribution in [0.2, 0.25) is 0 Å². The van der Waals surface area contributed by atoms with Gasteiger partial charge in [-0.3, -0.25) is 0 Å². The number of rotatable bonds is 4. The maximum atomic E-state index is 4.70. The van der Waals surface area contributed by atoms with Gasteiger partial charge in [0.05, 0.1) is 0 Å². The predicted octanol–water partition coefficient (Wildman–Crippen LogP) is 4.03. The molecular formula is C17H21N3S. The fraction of sp³-hybridized carbons (Fsp3) is 0.412. The molecule has 1 aliphatic carbocycles. The summed E-state index contributed by atoms with van der Waals surface area (Å²) in [7, 11) is 1.92. The lowest BCUT2D eigenvalue weighted by molar-refractivity contribution is 0.874. The Morgan fingerprint density at radius 1 is 1.19 bits per heavy atom. The van der Waals surface area contributed by atoms with E-state index in [0.717, 1.165) is 28.7 Å². The molecule has 2 aromatic rings. The number of aryl methyl sites for hydroxylation is 3. The Kier molecular flexibility index (Phi) is 4.15. The van der Waals surface area contributed by atoms with E-state index in [0.29, 0.717) is 0 Å². The Bertz CT molecular complexity index is 667. The second-order valence-corrected chi connectivity index (χ2v) is 6.47. The van der Waals surface area contributed by atoms with Crippen LogP contribution in [0.1, 0.15) is 35.9 Å². The van der Waals surface area contributed by atoms with Gasteiger partial charge in [0.25, 0.3) is 0 Å². The molecule has 0 saturated heterocycles. The lowest BCUT2D eigenvalue weighted by Gasteiger charge is -2.11. The van der Waals surface area contributed by atoms with Gasteiger partial charge in [0.1, 0.15) is 16.7 Å². The molecule has 1 heterocycles. The topological polar surface area (TPSA) is 37.8 Å². The van der Waals surface area contributed by atoms with Crippen LogP contribution in [0, 0.1) is 6.92 Å². The van der Waals surface area contributed by atoms with E-state index in [-0.39, 0.29) is 0 Å². The summed E-state index contributed by atoms with van der Waals surface area (Å²) in [5.41, 5.74) is 4.15. The molecule has 0 bridgehead atoms. The van der Waals surface area contributed by atoms with Crippen LogP contribution in [0.25, 0.3) is 0 Å². The van der Waals surface area contributed by atoms with E-state index in [2.05, 4.69) is 42.3 Å². The van der Waals surface area contributed by atoms with Crippen molar-refractivity contribution >= 4 is 17.6 Å². The maximum Gasteiger partial charge on any atom is 0.133 e. The molecule has 1 N–H and O–H groups in total. The third kappa shape index (κ3) is 2.91. The molecule has 21 heavy (non-hydrogen) atoms. The van der Waals surface area contributed by atoms with Gasteiger partial charge < -0.3 is 5.32 Å². The lowest BCUT2D eigenvalue weighted by atomic mass is 10.1. The summed E-state index contributed by atoms with van der Waals surface area (Å²) in [6.45, 7) is 4.18. The number of nitrogens with one attached hydrogen (secondary N) is 1. The number of hydrogen-bond acceptors (Lipinski definition) is 4. The van der Waals surface area contributed by atoms with Crippen molar-refractivity contribution in [2.24, 2.45) is 0 Å². The van der Waals surface area contributed by atoms with Crippen molar-refractivity contribution in [3.05, 3.63) is 40.7 Å². The van der Waals surface area contributed by atoms with Crippen molar-refractivity contribution < 1.29 is 0 Å². The zero-order valence-electron chi connectivity index (χ0n) is 12.9. The summed E-state index contributed by atoms with van der Waals surface area (Å²) in [6.07, 6.45) is 4.59. The number of hydrogen-bond donors (Lipinski definition) is 1. The van der Waals surface area contributed by atoms with E-state index in [1.165, 1.54) is 35.3 Å². The van der Waals surface area contributed by atoms with Gasteiger partial charge in [-0.2, -0.15) is 0 Å². The van der Waals surface area contributed by atoms with Crippen molar-refractivity contribution in [2.45, 2.75) is 49.5 Å². The van der Waals surface area contributed by atoms with Crippen LogP contribution in [-0.2, 0) is 19.3 Å². The van der Waals surface area contributed by atoms with Crippen molar-refractivity contribution in [3.8, 4) is 0 Å². The van der Waals surface area contributed by atoms with E-state index >= 15 is 0 Å². The van der Waals surface area contributed by atoms with E-state index in [1.54, 1.807) is 11.8 Å². The minimum Gasteiger partial charge on any atom is -0.373 e. The molecule has 0 unspecified atom stereocenters. The molecule has 0 radical (unpaired) electrons. The van der Waals surface area contributed by atoms with Gasteiger partial charge in [0.2, 0.25) is 0 Å². The first kappa shape index (κ1) is 14.4. The van der Waals surface area contributed by atoms with Crippen molar-refractivity contribution in [1.82, 2.24) is 9.97 Å². The van der Waals surface area contributed by atoms with E-state index in [9.17, 15) is 0 Å². The summed E-state index contributed by atoms with van der Waals surface area (Å²) in [5.74, 6) is 1.83. The maximum absolute atomic E-state index is 4.70. The number of fused-ring (bicyclic) bond motifs is 1. The third-order valence-electron chi connectivity index (χ3n) is 3.98. The fourth-order valence-corrected chi connectivity index (χ4v) is 3.73. The molecule has 0 aliphatic heterocycles. The highest BCUT2D eigenvalue weighted by molar-refractivity contribution is 7.99. The highest BCUT2D eigenvalue weighted by Crippen LogP contribution is 2.34. The molecule has 1 aliphatic rings. The largest absolute Gasteiger partial charge is 0.373 e. The molecule has 0 atom stereocenters. The second-order valence-electron chi connectivity index (χ2n) is 5.41. The first-order valence-corrected chi connectivity index (χ1v) is 8.37. The molecule has 1 aromatic carbocycles. The van der Waals surface area contributed by atoms with Crippen LogP contribution < -0.4 is 5.32 Å². The van der Waals surface area contributed by atoms with E-state index < -0.39 is 0 Å². The molecule has 110 valence electrons. The van der Waals surface area contributed by atoms with Gasteiger partial charge in [-0.1, -0.05) is 24.8 Å². The second kappa shape index (κ2) is 6.06. The highest BCUT2D eigenvalue weighted by atomic mass is 32.2. The zero-order chi connectivity index (χ0) is 14.8. The van der Waals surface area contributed by atoms with Gasteiger partial charge in [-0.25, -0.2) is 9.97 Å². The molecule has 1 aromatic heterocycles. The number of nitrogens with zero attached hydrogens (tertiary/aromatic N) is 2. The molecule has 0 fully saturated rings. The first-order chi connectivity index (χ1) is 10.2. The zero-order valence-corrected chi connectivity index (χ0v) is 13.7. The standard InChI is InChI=1S/C17H21N3S/c1-4-15-19-16(18-3)11(2)17(20-15)21-14-9-8-12-6-5-7-13(12)10-14/h8-10H,4-7H2,1-3H3,(H,18,19,20). The molecule has 3 rings (SSSR count). The Balaban J connectivity index is 1.94. The third-order valence-corrected chi connectivity index (χ3v) is 5.07. The molecule has 0 amide bonds. The van der Waals surface area contributed by atoms with Gasteiger partial charge in [0, 0.05) is 23.9 Å². The minimum absolute atomic E-state index is 0.854. The Labute approximate surface area is 130 Å². The molecule has 0 spiro atoms. The van der Waals surface area contributed by atoms with Gasteiger partial charge in [0.15, 0.2) is 0 Å². The summed E-state index contributed by atoms with van der Waals surface area (Å²) in [5, 5.41) is 4.23. The summed E-state index contributed by atoms with van der Waals surface area (Å²) in [6, 6.07) is 6.83. The van der Waals surface area contributed by atoms with Crippen LogP contribution in [-0.4, -0.2) is 17.0 Å². The van der Waals surface area contributed by atoms with Gasteiger partial charge >= 0.3 is 0 Å². The normalized spacial score (nSPS) is 13.3. The Morgan fingerprint density at radius 2 is 2.00 bits per heavy atom. The monoisotopic (exact) mass is 299 g/mol. The van der Waals surface area contributed by atoms with Crippen LogP contribution in [0.3, 0.4) is 0 Å². The smallest absolute Gasteiger partial charge is 0.133 e. The fourth-order valence-electron chi connectivity index (χ4n) is 2.76. The van der Waals surface area contributed by atoms with E-state index in [1.807, 2.05) is 7.05 Å². The van der Waals surface area contributed by atoms with Crippen LogP contribution in [0.15, 0.2) is 28.1 Å². The lowest BCUT2D eigenvalue weighted by Crippen LogP contribution is -2.04. The number of benzene rings is 1. The molecular weight excluding hydrogens is 278 g/mol. The van der Waals surface area contributed by atoms with Crippen molar-refractivity contribution in [2.75, 3.05) is 12.4 Å². The van der Waals surface area contributed by atoms with Gasteiger partial charge in [-0.15, -0.1) is 0 Å². The SMILES string of the molecule is CCc1nc(NC)c(C)c(Sc2ccc3c(c2)CCC3)n1. The Hall–Kier alpha value is -1.55. The molecule has 4 heteroatoms. The van der Waals surface area contributed by atoms with E-state index in [4.69, 9.17) is 4.98 Å². The average molecular weight is 299 g/mol. The number of anilines is 1. The summed E-state index contributed by atoms with van der Waals surface area (Å²) < 4.78 is 0. The highest BCUT2D eigenvalue weighted by Gasteiger charge is 2.14.